The Morgan fingerprint density at radius 3 is 2.81 bits per heavy atom. The number of benzene rings is 2. The molecule has 2 aromatic rings. The van der Waals surface area contributed by atoms with Crippen LogP contribution in [0.15, 0.2) is 48.5 Å². The molecule has 0 aliphatic heterocycles. The van der Waals surface area contributed by atoms with Crippen LogP contribution in [0.3, 0.4) is 0 Å². The molecule has 3 rings (SSSR count). The Balaban J connectivity index is 1.46. The number of hydrogen-bond acceptors (Lipinski definition) is 3. The minimum Gasteiger partial charge on any atom is -0.490 e. The van der Waals surface area contributed by atoms with E-state index < -0.39 is 0 Å². The monoisotopic (exact) mass is 352 g/mol. The van der Waals surface area contributed by atoms with Crippen LogP contribution in [0.2, 0.25) is 0 Å². The lowest BCUT2D eigenvalue weighted by molar-refractivity contribution is 0.102. The van der Waals surface area contributed by atoms with Gasteiger partial charge in [0.15, 0.2) is 0 Å². The molecule has 1 saturated carbocycles. The van der Waals surface area contributed by atoms with Crippen molar-refractivity contribution in [1.82, 2.24) is 5.32 Å². The molecule has 3 nitrogen and oxygen atoms in total. The van der Waals surface area contributed by atoms with E-state index in [-0.39, 0.29) is 0 Å². The summed E-state index contributed by atoms with van der Waals surface area (Å²) in [6.07, 6.45) is 5.25. The van der Waals surface area contributed by atoms with Crippen LogP contribution in [-0.4, -0.2) is 12.6 Å². The summed E-state index contributed by atoms with van der Waals surface area (Å²) in [5.41, 5.74) is 9.34. The highest BCUT2D eigenvalue weighted by Gasteiger charge is 2.27. The van der Waals surface area contributed by atoms with Gasteiger partial charge in [-0.05, 0) is 80.3 Å². The lowest BCUT2D eigenvalue weighted by Gasteiger charge is -2.33. The number of nitrogen functional groups attached to an aromatic ring is 1. The van der Waals surface area contributed by atoms with E-state index in [4.69, 9.17) is 10.5 Å². The van der Waals surface area contributed by atoms with Gasteiger partial charge in [0.05, 0.1) is 6.10 Å². The fourth-order valence-corrected chi connectivity index (χ4v) is 3.98. The maximum Gasteiger partial charge on any atom is 0.119 e. The molecule has 0 heterocycles. The van der Waals surface area contributed by atoms with Crippen molar-refractivity contribution < 1.29 is 4.74 Å². The molecule has 0 saturated heterocycles. The van der Waals surface area contributed by atoms with Crippen LogP contribution in [0.4, 0.5) is 5.69 Å². The lowest BCUT2D eigenvalue weighted by atomic mass is 9.79. The van der Waals surface area contributed by atoms with E-state index in [1.54, 1.807) is 0 Å². The average Bonchev–Trinajstić information content (AvgIpc) is 2.63. The number of hydrogen-bond donors (Lipinski definition) is 2. The highest BCUT2D eigenvalue weighted by molar-refractivity contribution is 5.46. The highest BCUT2D eigenvalue weighted by Crippen LogP contribution is 2.32. The van der Waals surface area contributed by atoms with E-state index in [1.165, 1.54) is 30.4 Å². The normalized spacial score (nSPS) is 21.3. The molecule has 2 aromatic carbocycles. The topological polar surface area (TPSA) is 47.3 Å². The summed E-state index contributed by atoms with van der Waals surface area (Å²) in [6.45, 7) is 6.34. The van der Waals surface area contributed by atoms with Gasteiger partial charge in [0.25, 0.3) is 0 Å². The molecule has 1 fully saturated rings. The predicted octanol–water partition coefficient (Wildman–Crippen LogP) is 4.94. The molecule has 0 amide bonds. The van der Waals surface area contributed by atoms with Crippen LogP contribution in [0, 0.1) is 18.8 Å². The molecule has 1 aliphatic rings. The largest absolute Gasteiger partial charge is 0.490 e. The van der Waals surface area contributed by atoms with Crippen LogP contribution in [0.1, 0.15) is 43.7 Å². The minimum absolute atomic E-state index is 0.350. The Kier molecular flexibility index (Phi) is 6.56. The zero-order valence-electron chi connectivity index (χ0n) is 16.1. The Morgan fingerprint density at radius 1 is 1.15 bits per heavy atom. The Hall–Kier alpha value is -2.00. The predicted molar refractivity (Wildman–Crippen MR) is 109 cm³/mol. The number of nitrogens with one attached hydrogen (secondary N) is 1. The van der Waals surface area contributed by atoms with Gasteiger partial charge >= 0.3 is 0 Å². The first-order chi connectivity index (χ1) is 12.6. The Morgan fingerprint density at radius 2 is 2.00 bits per heavy atom. The number of rotatable bonds is 7. The van der Waals surface area contributed by atoms with Gasteiger partial charge < -0.3 is 15.8 Å². The standard InChI is InChI=1S/C23H32N2O/c1-17-7-5-10-21(13-17)26-22-11-6-9-19(14-22)18(2)15-25-16-20-8-3-4-12-23(20)24/h3-5,7-8,10,12-13,18-19,22,25H,6,9,11,14-16,24H2,1-2H3/t18?,19?,22-/m1/s1. The second-order valence-corrected chi connectivity index (χ2v) is 7.79. The first kappa shape index (κ1) is 18.8. The number of para-hydroxylation sites is 1. The van der Waals surface area contributed by atoms with Crippen molar-refractivity contribution in [2.75, 3.05) is 12.3 Å². The van der Waals surface area contributed by atoms with Crippen LogP contribution >= 0.6 is 0 Å². The molecular weight excluding hydrogens is 320 g/mol. The summed E-state index contributed by atoms with van der Waals surface area (Å²) in [5, 5.41) is 3.59. The molecule has 1 aliphatic carbocycles. The summed E-state index contributed by atoms with van der Waals surface area (Å²) in [5.74, 6) is 2.38. The second kappa shape index (κ2) is 9.09. The maximum absolute atomic E-state index is 6.27. The van der Waals surface area contributed by atoms with Crippen LogP contribution < -0.4 is 15.8 Å². The number of nitrogens with two attached hydrogens (primary N) is 1. The van der Waals surface area contributed by atoms with Gasteiger partial charge in [-0.3, -0.25) is 0 Å². The van der Waals surface area contributed by atoms with Crippen molar-refractivity contribution in [2.45, 2.75) is 52.2 Å². The highest BCUT2D eigenvalue weighted by atomic mass is 16.5. The van der Waals surface area contributed by atoms with Gasteiger partial charge in [0, 0.05) is 12.2 Å². The van der Waals surface area contributed by atoms with E-state index in [2.05, 4.69) is 49.5 Å². The van der Waals surface area contributed by atoms with Crippen molar-refractivity contribution in [2.24, 2.45) is 11.8 Å². The quantitative estimate of drug-likeness (QED) is 0.694. The first-order valence-corrected chi connectivity index (χ1v) is 9.89. The molecule has 0 spiro atoms. The van der Waals surface area contributed by atoms with Crippen molar-refractivity contribution in [3.05, 3.63) is 59.7 Å². The van der Waals surface area contributed by atoms with E-state index in [0.29, 0.717) is 12.0 Å². The van der Waals surface area contributed by atoms with Gasteiger partial charge in [-0.15, -0.1) is 0 Å². The van der Waals surface area contributed by atoms with Crippen molar-refractivity contribution in [1.29, 1.82) is 0 Å². The van der Waals surface area contributed by atoms with Crippen LogP contribution in [0.5, 0.6) is 5.75 Å². The number of ether oxygens (including phenoxy) is 1. The van der Waals surface area contributed by atoms with E-state index in [0.717, 1.165) is 36.9 Å². The molecule has 0 bridgehead atoms. The summed E-state index contributed by atoms with van der Waals surface area (Å²) in [6, 6.07) is 16.5. The fourth-order valence-electron chi connectivity index (χ4n) is 3.98. The molecule has 3 atom stereocenters. The first-order valence-electron chi connectivity index (χ1n) is 9.89. The van der Waals surface area contributed by atoms with E-state index >= 15 is 0 Å². The number of aryl methyl sites for hydroxylation is 1. The summed E-state index contributed by atoms with van der Waals surface area (Å²) >= 11 is 0. The minimum atomic E-state index is 0.350. The van der Waals surface area contributed by atoms with Gasteiger partial charge in [-0.25, -0.2) is 0 Å². The molecule has 3 heteroatoms. The molecule has 0 aromatic heterocycles. The number of anilines is 1. The Bertz CT molecular complexity index is 700. The maximum atomic E-state index is 6.27. The third-order valence-electron chi connectivity index (χ3n) is 5.60. The van der Waals surface area contributed by atoms with E-state index in [1.807, 2.05) is 18.2 Å². The Labute approximate surface area is 158 Å². The van der Waals surface area contributed by atoms with Crippen LogP contribution in [0.25, 0.3) is 0 Å². The zero-order chi connectivity index (χ0) is 18.4. The van der Waals surface area contributed by atoms with E-state index in [9.17, 15) is 0 Å². The van der Waals surface area contributed by atoms with Crippen molar-refractivity contribution in [3.8, 4) is 5.75 Å². The van der Waals surface area contributed by atoms with Gasteiger partial charge in [0.2, 0.25) is 0 Å². The average molecular weight is 353 g/mol. The van der Waals surface area contributed by atoms with Gasteiger partial charge in [-0.1, -0.05) is 37.3 Å². The summed E-state index contributed by atoms with van der Waals surface area (Å²) in [4.78, 5) is 0. The van der Waals surface area contributed by atoms with Crippen molar-refractivity contribution in [3.63, 3.8) is 0 Å². The molecule has 0 radical (unpaired) electrons. The molecule has 3 N–H and O–H groups in total. The summed E-state index contributed by atoms with van der Waals surface area (Å²) in [7, 11) is 0. The molecule has 26 heavy (non-hydrogen) atoms. The third-order valence-corrected chi connectivity index (χ3v) is 5.60. The molecule has 2 unspecified atom stereocenters. The zero-order valence-corrected chi connectivity index (χ0v) is 16.1. The SMILES string of the molecule is Cc1cccc(O[C@@H]2CCCC(C(C)CNCc3ccccc3N)C2)c1. The van der Waals surface area contributed by atoms with Gasteiger partial charge in [0.1, 0.15) is 5.75 Å². The van der Waals surface area contributed by atoms with Crippen molar-refractivity contribution >= 4 is 5.69 Å². The lowest BCUT2D eigenvalue weighted by Crippen LogP contribution is -2.33. The molecular formula is C23H32N2O. The third kappa shape index (κ3) is 5.25. The fraction of sp³-hybridized carbons (Fsp3) is 0.478. The van der Waals surface area contributed by atoms with Crippen LogP contribution in [-0.2, 0) is 6.54 Å². The van der Waals surface area contributed by atoms with Gasteiger partial charge in [-0.2, -0.15) is 0 Å². The molecule has 140 valence electrons. The smallest absolute Gasteiger partial charge is 0.119 e. The second-order valence-electron chi connectivity index (χ2n) is 7.79. The summed E-state index contributed by atoms with van der Waals surface area (Å²) < 4.78 is 6.27.